The molecule has 5 rings (SSSR count). The Bertz CT molecular complexity index is 1320. The van der Waals surface area contributed by atoms with Crippen molar-refractivity contribution in [3.63, 3.8) is 0 Å². The maximum atomic E-state index is 13.8. The average Bonchev–Trinajstić information content (AvgIpc) is 3.69. The van der Waals surface area contributed by atoms with E-state index in [2.05, 4.69) is 25.2 Å². The molecule has 11 nitrogen and oxygen atoms in total. The third-order valence-electron chi connectivity index (χ3n) is 7.77. The number of methoxy groups -OCH3 is 1. The van der Waals surface area contributed by atoms with E-state index in [0.29, 0.717) is 30.8 Å². The van der Waals surface area contributed by atoms with Gasteiger partial charge in [-0.15, -0.1) is 0 Å². The van der Waals surface area contributed by atoms with E-state index in [1.165, 1.54) is 13.3 Å². The lowest BCUT2D eigenvalue weighted by atomic mass is 10.1. The fourth-order valence-corrected chi connectivity index (χ4v) is 5.65. The zero-order chi connectivity index (χ0) is 28.6. The Morgan fingerprint density at radius 3 is 2.63 bits per heavy atom. The summed E-state index contributed by atoms with van der Waals surface area (Å²) in [6.45, 7) is 3.67. The van der Waals surface area contributed by atoms with E-state index >= 15 is 0 Å². The highest BCUT2D eigenvalue weighted by atomic mass is 16.5. The van der Waals surface area contributed by atoms with E-state index < -0.39 is 6.04 Å². The molecule has 0 aliphatic carbocycles. The second kappa shape index (κ2) is 13.4. The minimum Gasteiger partial charge on any atom is -0.497 e. The lowest BCUT2D eigenvalue weighted by molar-refractivity contribution is -0.124. The molecule has 4 heterocycles. The number of H-pyrrole nitrogens is 1. The molecule has 2 fully saturated rings. The summed E-state index contributed by atoms with van der Waals surface area (Å²) in [5.41, 5.74) is 1.83. The monoisotopic (exact) mass is 559 g/mol. The van der Waals surface area contributed by atoms with Gasteiger partial charge in [-0.3, -0.25) is 24.3 Å². The number of ether oxygens (including phenoxy) is 1. The number of amides is 3. The first-order chi connectivity index (χ1) is 20.0. The largest absolute Gasteiger partial charge is 0.497 e. The Balaban J connectivity index is 1.41. The number of nitrogens with one attached hydrogen (secondary N) is 2. The van der Waals surface area contributed by atoms with Crippen LogP contribution in [0.15, 0.2) is 61.2 Å². The predicted octanol–water partition coefficient (Wildman–Crippen LogP) is 2.34. The number of hydrogen-bond donors (Lipinski definition) is 2. The lowest BCUT2D eigenvalue weighted by Crippen LogP contribution is -2.46. The third kappa shape index (κ3) is 6.91. The Morgan fingerprint density at radius 2 is 1.85 bits per heavy atom. The first-order valence-electron chi connectivity index (χ1n) is 14.2. The summed E-state index contributed by atoms with van der Waals surface area (Å²) >= 11 is 0. The van der Waals surface area contributed by atoms with Crippen LogP contribution in [0, 0.1) is 0 Å². The predicted molar refractivity (Wildman–Crippen MR) is 152 cm³/mol. The Hall–Kier alpha value is -4.25. The number of benzene rings is 1. The summed E-state index contributed by atoms with van der Waals surface area (Å²) in [6.07, 6.45) is 7.88. The molecular formula is C30H37N7O4. The number of fused-ring (bicyclic) bond motifs is 2. The van der Waals surface area contributed by atoms with Gasteiger partial charge >= 0.3 is 0 Å². The van der Waals surface area contributed by atoms with Gasteiger partial charge in [0.05, 0.1) is 19.5 Å². The van der Waals surface area contributed by atoms with Crippen LogP contribution in [0.5, 0.6) is 5.75 Å². The van der Waals surface area contributed by atoms with Crippen LogP contribution in [0.25, 0.3) is 0 Å². The zero-order valence-corrected chi connectivity index (χ0v) is 23.4. The number of aromatic nitrogens is 3. The van der Waals surface area contributed by atoms with E-state index in [1.54, 1.807) is 35.5 Å². The Kier molecular flexibility index (Phi) is 9.25. The molecule has 0 unspecified atom stereocenters. The van der Waals surface area contributed by atoms with Crippen LogP contribution in [0.4, 0.5) is 0 Å². The van der Waals surface area contributed by atoms with Gasteiger partial charge in [0.1, 0.15) is 17.5 Å². The second-order valence-electron chi connectivity index (χ2n) is 10.5. The number of hydrogen-bond acceptors (Lipinski definition) is 7. The van der Waals surface area contributed by atoms with E-state index in [4.69, 9.17) is 4.74 Å². The number of carbonyl (C=O) groups is 3. The van der Waals surface area contributed by atoms with Gasteiger partial charge < -0.3 is 24.8 Å². The van der Waals surface area contributed by atoms with Gasteiger partial charge in [0.15, 0.2) is 0 Å². The molecule has 3 aromatic rings. The number of pyridine rings is 1. The van der Waals surface area contributed by atoms with E-state index in [9.17, 15) is 14.4 Å². The smallest absolute Gasteiger partial charge is 0.273 e. The molecule has 0 spiro atoms. The van der Waals surface area contributed by atoms with Crippen molar-refractivity contribution < 1.29 is 19.1 Å². The molecule has 2 bridgehead atoms. The average molecular weight is 560 g/mol. The van der Waals surface area contributed by atoms with Crippen molar-refractivity contribution in [2.24, 2.45) is 0 Å². The van der Waals surface area contributed by atoms with Crippen molar-refractivity contribution >= 4 is 17.7 Å². The summed E-state index contributed by atoms with van der Waals surface area (Å²) in [6, 6.07) is 11.4. The highest BCUT2D eigenvalue weighted by molar-refractivity contribution is 5.98. The van der Waals surface area contributed by atoms with Crippen LogP contribution >= 0.6 is 0 Å². The van der Waals surface area contributed by atoms with Crippen LogP contribution in [0.1, 0.15) is 52.2 Å². The number of carbonyl (C=O) groups excluding carboxylic acids is 3. The number of imidazole rings is 1. The normalized spacial score (nSPS) is 20.8. The van der Waals surface area contributed by atoms with E-state index in [0.717, 1.165) is 44.6 Å². The van der Waals surface area contributed by atoms with Gasteiger partial charge in [-0.2, -0.15) is 0 Å². The van der Waals surface area contributed by atoms with Gasteiger partial charge in [-0.1, -0.05) is 18.2 Å². The molecule has 1 aromatic carbocycles. The molecule has 2 N–H and O–H groups in total. The molecule has 0 radical (unpaired) electrons. The van der Waals surface area contributed by atoms with Crippen molar-refractivity contribution in [2.75, 3.05) is 39.8 Å². The number of rotatable bonds is 5. The van der Waals surface area contributed by atoms with Crippen molar-refractivity contribution in [1.29, 1.82) is 0 Å². The number of nitrogens with zero attached hydrogens (tertiary/aromatic N) is 5. The van der Waals surface area contributed by atoms with Crippen molar-refractivity contribution in [2.45, 2.75) is 44.3 Å². The van der Waals surface area contributed by atoms with Crippen LogP contribution in [-0.2, 0) is 11.3 Å². The minimum atomic E-state index is -0.702. The molecular weight excluding hydrogens is 522 g/mol. The fourth-order valence-electron chi connectivity index (χ4n) is 5.65. The molecule has 2 atom stereocenters. The summed E-state index contributed by atoms with van der Waals surface area (Å²) in [7, 11) is 1.53. The standard InChI is InChI=1S/C30H37N7O4/c1-41-25-10-12-32-26(17-25)30(40)37-20-24-16-27(37)28(38)33-11-5-6-13-35(19-23-18-31-21-34-23)14-7-15-36(24)29(39)22-8-3-2-4-9-22/h2-4,8-10,12,17-18,21,24,27H,5-7,11,13-16,19-20H2,1H3,(H,31,34)(H,33,38)/t24-,27-/m0/s1. The van der Waals surface area contributed by atoms with E-state index in [1.807, 2.05) is 29.3 Å². The van der Waals surface area contributed by atoms with Crippen LogP contribution < -0.4 is 10.1 Å². The topological polar surface area (TPSA) is 124 Å². The SMILES string of the molecule is COc1ccnc(C(=O)N2C[C@@H]3C[C@H]2C(=O)NCCCCN(Cc2cnc[nH]2)CCCN3C(=O)c2ccccc2)c1. The molecule has 2 aliphatic heterocycles. The Labute approximate surface area is 239 Å². The summed E-state index contributed by atoms with van der Waals surface area (Å²) in [5, 5.41) is 3.04. The molecule has 0 saturated carbocycles. The third-order valence-corrected chi connectivity index (χ3v) is 7.77. The quantitative estimate of drug-likeness (QED) is 0.492. The van der Waals surface area contributed by atoms with Crippen molar-refractivity contribution in [1.82, 2.24) is 35.0 Å². The maximum absolute atomic E-state index is 13.8. The molecule has 41 heavy (non-hydrogen) atoms. The molecule has 11 heteroatoms. The van der Waals surface area contributed by atoms with Crippen molar-refractivity contribution in [3.8, 4) is 5.75 Å². The summed E-state index contributed by atoms with van der Waals surface area (Å²) < 4.78 is 5.29. The van der Waals surface area contributed by atoms with Gasteiger partial charge in [0.2, 0.25) is 5.91 Å². The molecule has 2 aliphatic rings. The Morgan fingerprint density at radius 1 is 1.02 bits per heavy atom. The van der Waals surface area contributed by atoms with Gasteiger partial charge in [-0.25, -0.2) is 4.98 Å². The highest BCUT2D eigenvalue weighted by Crippen LogP contribution is 2.27. The summed E-state index contributed by atoms with van der Waals surface area (Å²) in [4.78, 5) is 58.3. The van der Waals surface area contributed by atoms with Gasteiger partial charge in [-0.05, 0) is 50.4 Å². The van der Waals surface area contributed by atoms with Crippen LogP contribution in [0.2, 0.25) is 0 Å². The molecule has 2 aromatic heterocycles. The van der Waals surface area contributed by atoms with Crippen LogP contribution in [0.3, 0.4) is 0 Å². The van der Waals surface area contributed by atoms with Crippen LogP contribution in [-0.4, -0.2) is 99.3 Å². The molecule has 2 saturated heterocycles. The van der Waals surface area contributed by atoms with E-state index in [-0.39, 0.29) is 36.0 Å². The lowest BCUT2D eigenvalue weighted by Gasteiger charge is -2.30. The molecule has 3 amide bonds. The second-order valence-corrected chi connectivity index (χ2v) is 10.5. The number of likely N-dealkylation sites (tertiary alicyclic amines) is 1. The first kappa shape index (κ1) is 28.3. The highest BCUT2D eigenvalue weighted by Gasteiger charge is 2.43. The minimum absolute atomic E-state index is 0.101. The fraction of sp³-hybridized carbons (Fsp3) is 0.433. The van der Waals surface area contributed by atoms with Crippen molar-refractivity contribution in [3.05, 3.63) is 78.1 Å². The molecule has 216 valence electrons. The maximum Gasteiger partial charge on any atom is 0.273 e. The van der Waals surface area contributed by atoms with Gasteiger partial charge in [0.25, 0.3) is 11.8 Å². The zero-order valence-electron chi connectivity index (χ0n) is 23.4. The summed E-state index contributed by atoms with van der Waals surface area (Å²) in [5.74, 6) is -0.147. The number of aromatic amines is 1. The first-order valence-corrected chi connectivity index (χ1v) is 14.2. The van der Waals surface area contributed by atoms with Gasteiger partial charge in [0, 0.05) is 62.4 Å².